The summed E-state index contributed by atoms with van der Waals surface area (Å²) in [6.45, 7) is 8.62. The van der Waals surface area contributed by atoms with Crippen LogP contribution in [0.1, 0.15) is 31.9 Å². The molecular weight excluding hydrogens is 308 g/mol. The Morgan fingerprint density at radius 1 is 1.25 bits per heavy atom. The van der Waals surface area contributed by atoms with Crippen molar-refractivity contribution in [1.82, 2.24) is 0 Å². The van der Waals surface area contributed by atoms with E-state index in [1.807, 2.05) is 0 Å². The molecule has 1 unspecified atom stereocenters. The SMILES string of the molecule is C=C(c1ccccc1/C=C/C(=O)OC)C(C)(C(C)=O)C(=O)OCC. The monoisotopic (exact) mass is 330 g/mol. The second-order valence-corrected chi connectivity index (χ2v) is 5.32. The van der Waals surface area contributed by atoms with Gasteiger partial charge in [-0.2, -0.15) is 0 Å². The van der Waals surface area contributed by atoms with Gasteiger partial charge in [0.2, 0.25) is 0 Å². The summed E-state index contributed by atoms with van der Waals surface area (Å²) in [5.41, 5.74) is 0.0530. The zero-order valence-electron chi connectivity index (χ0n) is 14.4. The van der Waals surface area contributed by atoms with Gasteiger partial charge in [-0.25, -0.2) is 4.79 Å². The van der Waals surface area contributed by atoms with Crippen LogP contribution in [0.5, 0.6) is 0 Å². The lowest BCUT2D eigenvalue weighted by atomic mass is 9.75. The van der Waals surface area contributed by atoms with E-state index in [4.69, 9.17) is 4.74 Å². The third-order valence-electron chi connectivity index (χ3n) is 3.88. The third kappa shape index (κ3) is 3.98. The van der Waals surface area contributed by atoms with E-state index in [2.05, 4.69) is 11.3 Å². The lowest BCUT2D eigenvalue weighted by Gasteiger charge is -2.27. The predicted octanol–water partition coefficient (Wildman–Crippen LogP) is 3.04. The predicted molar refractivity (Wildman–Crippen MR) is 91.9 cm³/mol. The first-order valence-corrected chi connectivity index (χ1v) is 7.52. The standard InChI is InChI=1S/C19H22O5/c1-6-24-18(22)19(4,14(3)20)13(2)16-10-8-7-9-15(16)11-12-17(21)23-5/h7-12H,2,6H2,1,3-5H3/b12-11+. The molecule has 5 heteroatoms. The van der Waals surface area contributed by atoms with Crippen LogP contribution in [0.2, 0.25) is 0 Å². The number of hydrogen-bond acceptors (Lipinski definition) is 5. The number of carbonyl (C=O) groups excluding carboxylic acids is 3. The first kappa shape index (κ1) is 19.4. The highest BCUT2D eigenvalue weighted by Gasteiger charge is 2.43. The van der Waals surface area contributed by atoms with Gasteiger partial charge in [0, 0.05) is 6.08 Å². The van der Waals surface area contributed by atoms with E-state index in [0.29, 0.717) is 16.7 Å². The molecule has 24 heavy (non-hydrogen) atoms. The van der Waals surface area contributed by atoms with Crippen molar-refractivity contribution in [3.63, 3.8) is 0 Å². The van der Waals surface area contributed by atoms with Crippen molar-refractivity contribution in [2.75, 3.05) is 13.7 Å². The van der Waals surface area contributed by atoms with Crippen LogP contribution in [-0.4, -0.2) is 31.4 Å². The highest BCUT2D eigenvalue weighted by molar-refractivity contribution is 6.13. The van der Waals surface area contributed by atoms with Crippen molar-refractivity contribution in [3.05, 3.63) is 48.0 Å². The Hall–Kier alpha value is -2.69. The lowest BCUT2D eigenvalue weighted by Crippen LogP contribution is -2.37. The zero-order chi connectivity index (χ0) is 18.3. The molecule has 0 aliphatic rings. The Labute approximate surface area is 142 Å². The molecule has 0 spiro atoms. The highest BCUT2D eigenvalue weighted by atomic mass is 16.5. The molecule has 5 nitrogen and oxygen atoms in total. The van der Waals surface area contributed by atoms with Crippen LogP contribution in [-0.2, 0) is 23.9 Å². The van der Waals surface area contributed by atoms with Gasteiger partial charge in [0.05, 0.1) is 13.7 Å². The van der Waals surface area contributed by atoms with Crippen LogP contribution in [0.3, 0.4) is 0 Å². The minimum Gasteiger partial charge on any atom is -0.466 e. The number of ketones is 1. The quantitative estimate of drug-likeness (QED) is 0.436. The van der Waals surface area contributed by atoms with Gasteiger partial charge in [-0.3, -0.25) is 9.59 Å². The average Bonchev–Trinajstić information content (AvgIpc) is 2.58. The number of carbonyl (C=O) groups is 3. The van der Waals surface area contributed by atoms with E-state index in [9.17, 15) is 14.4 Å². The van der Waals surface area contributed by atoms with Crippen molar-refractivity contribution in [2.45, 2.75) is 20.8 Å². The van der Waals surface area contributed by atoms with Crippen molar-refractivity contribution >= 4 is 29.4 Å². The molecule has 1 atom stereocenters. The van der Waals surface area contributed by atoms with E-state index < -0.39 is 17.4 Å². The zero-order valence-corrected chi connectivity index (χ0v) is 14.4. The Kier molecular flexibility index (Phi) is 6.65. The summed E-state index contributed by atoms with van der Waals surface area (Å²) in [4.78, 5) is 35.8. The molecule has 0 aromatic heterocycles. The number of benzene rings is 1. The summed E-state index contributed by atoms with van der Waals surface area (Å²) in [6.07, 6.45) is 2.82. The molecule has 0 heterocycles. The Balaban J connectivity index is 3.36. The lowest BCUT2D eigenvalue weighted by molar-refractivity contribution is -0.154. The number of esters is 2. The number of Topliss-reactive ketones (excluding diaryl/α,β-unsaturated/α-hetero) is 1. The Morgan fingerprint density at radius 3 is 2.42 bits per heavy atom. The first-order chi connectivity index (χ1) is 11.3. The van der Waals surface area contributed by atoms with Gasteiger partial charge in [0.25, 0.3) is 0 Å². The van der Waals surface area contributed by atoms with Crippen molar-refractivity contribution in [3.8, 4) is 0 Å². The second-order valence-electron chi connectivity index (χ2n) is 5.32. The fourth-order valence-corrected chi connectivity index (χ4v) is 2.17. The number of hydrogen-bond donors (Lipinski definition) is 0. The number of methoxy groups -OCH3 is 1. The molecule has 0 saturated carbocycles. The molecule has 0 fully saturated rings. The van der Waals surface area contributed by atoms with Gasteiger partial charge < -0.3 is 9.47 Å². The van der Waals surface area contributed by atoms with Gasteiger partial charge in [0.15, 0.2) is 5.78 Å². The summed E-state index contributed by atoms with van der Waals surface area (Å²) in [5, 5.41) is 0. The average molecular weight is 330 g/mol. The van der Waals surface area contributed by atoms with Crippen LogP contribution in [0.15, 0.2) is 36.9 Å². The van der Waals surface area contributed by atoms with Crippen LogP contribution >= 0.6 is 0 Å². The van der Waals surface area contributed by atoms with Crippen molar-refractivity contribution < 1.29 is 23.9 Å². The van der Waals surface area contributed by atoms with Crippen molar-refractivity contribution in [2.24, 2.45) is 5.41 Å². The number of ether oxygens (including phenoxy) is 2. The summed E-state index contributed by atoms with van der Waals surface area (Å²) in [5.74, 6) is -1.51. The summed E-state index contributed by atoms with van der Waals surface area (Å²) < 4.78 is 9.63. The molecule has 1 aromatic carbocycles. The molecule has 1 aromatic rings. The van der Waals surface area contributed by atoms with Gasteiger partial charge in [-0.05, 0) is 43.5 Å². The van der Waals surface area contributed by atoms with Crippen LogP contribution in [0.25, 0.3) is 11.6 Å². The molecule has 1 rings (SSSR count). The second kappa shape index (κ2) is 8.24. The van der Waals surface area contributed by atoms with Crippen molar-refractivity contribution in [1.29, 1.82) is 0 Å². The maximum absolute atomic E-state index is 12.3. The van der Waals surface area contributed by atoms with E-state index >= 15 is 0 Å². The molecule has 0 N–H and O–H groups in total. The van der Waals surface area contributed by atoms with E-state index in [1.54, 1.807) is 37.3 Å². The van der Waals surface area contributed by atoms with Crippen LogP contribution in [0, 0.1) is 5.41 Å². The summed E-state index contributed by atoms with van der Waals surface area (Å²) in [7, 11) is 1.28. The normalized spacial score (nSPS) is 13.2. The maximum Gasteiger partial charge on any atom is 0.330 e. The maximum atomic E-state index is 12.3. The van der Waals surface area contributed by atoms with Gasteiger partial charge >= 0.3 is 11.9 Å². The molecule has 0 radical (unpaired) electrons. The Morgan fingerprint density at radius 2 is 1.88 bits per heavy atom. The molecule has 0 aliphatic heterocycles. The van der Waals surface area contributed by atoms with Gasteiger partial charge in [-0.15, -0.1) is 0 Å². The molecular formula is C19H22O5. The fraction of sp³-hybridized carbons (Fsp3) is 0.316. The van der Waals surface area contributed by atoms with Gasteiger partial charge in [0.1, 0.15) is 5.41 Å². The fourth-order valence-electron chi connectivity index (χ4n) is 2.17. The molecule has 0 saturated heterocycles. The summed E-state index contributed by atoms with van der Waals surface area (Å²) in [6, 6.07) is 7.04. The minimum absolute atomic E-state index is 0.166. The topological polar surface area (TPSA) is 69.7 Å². The van der Waals surface area contributed by atoms with Crippen LogP contribution in [0.4, 0.5) is 0 Å². The molecule has 0 bridgehead atoms. The number of rotatable bonds is 7. The largest absolute Gasteiger partial charge is 0.466 e. The molecule has 0 amide bonds. The molecule has 128 valence electrons. The Bertz CT molecular complexity index is 687. The summed E-state index contributed by atoms with van der Waals surface area (Å²) >= 11 is 0. The smallest absolute Gasteiger partial charge is 0.330 e. The first-order valence-electron chi connectivity index (χ1n) is 7.52. The highest BCUT2D eigenvalue weighted by Crippen LogP contribution is 2.37. The third-order valence-corrected chi connectivity index (χ3v) is 3.88. The van der Waals surface area contributed by atoms with E-state index in [1.165, 1.54) is 27.0 Å². The van der Waals surface area contributed by atoms with Gasteiger partial charge in [-0.1, -0.05) is 30.8 Å². The molecule has 0 aliphatic carbocycles. The minimum atomic E-state index is -1.49. The van der Waals surface area contributed by atoms with Crippen LogP contribution < -0.4 is 0 Å². The van der Waals surface area contributed by atoms with E-state index in [-0.39, 0.29) is 12.4 Å². The van der Waals surface area contributed by atoms with E-state index in [0.717, 1.165) is 0 Å².